The van der Waals surface area contributed by atoms with Crippen LogP contribution < -0.4 is 14.2 Å². The molecule has 1 saturated carbocycles. The van der Waals surface area contributed by atoms with Crippen LogP contribution in [0.25, 0.3) is 5.69 Å². The highest BCUT2D eigenvalue weighted by Gasteiger charge is 2.44. The fourth-order valence-corrected chi connectivity index (χ4v) is 5.52. The van der Waals surface area contributed by atoms with Gasteiger partial charge in [-0.2, -0.15) is 9.97 Å². The van der Waals surface area contributed by atoms with Crippen LogP contribution in [0.2, 0.25) is 5.02 Å². The van der Waals surface area contributed by atoms with E-state index in [2.05, 4.69) is 34.9 Å². The number of ether oxygens (including phenoxy) is 3. The van der Waals surface area contributed by atoms with Gasteiger partial charge in [0.25, 0.3) is 0 Å². The van der Waals surface area contributed by atoms with E-state index < -0.39 is 39.6 Å². The number of hydrogen-bond donors (Lipinski definition) is 1. The van der Waals surface area contributed by atoms with Gasteiger partial charge in [-0.05, 0) is 33.6 Å². The normalized spacial score (nSPS) is 18.9. The van der Waals surface area contributed by atoms with Gasteiger partial charge < -0.3 is 14.2 Å². The number of aromatic nitrogens is 7. The molecule has 0 saturated heterocycles. The SMILES string of the molecule is COc1ncnc(OC)c1-n1c(NS(=O)(=O)C(C)C(OC(C)C)c2ncc(Cl)cn2)nnc1[C@H]1CC[C@H]1C(F)F. The second-order valence-corrected chi connectivity index (χ2v) is 11.8. The van der Waals surface area contributed by atoms with Crippen molar-refractivity contribution in [2.45, 2.75) is 63.4 Å². The molecule has 40 heavy (non-hydrogen) atoms. The van der Waals surface area contributed by atoms with E-state index in [0.717, 1.165) is 0 Å². The van der Waals surface area contributed by atoms with Gasteiger partial charge in [-0.25, -0.2) is 27.2 Å². The molecule has 13 nitrogen and oxygen atoms in total. The Morgan fingerprint density at radius 1 is 1.02 bits per heavy atom. The predicted octanol–water partition coefficient (Wildman–Crippen LogP) is 3.57. The van der Waals surface area contributed by atoms with Gasteiger partial charge in [0.2, 0.25) is 34.2 Å². The standard InChI is InChI=1S/C23H29ClF2N8O5S/c1-11(2)39-17(19-27-8-13(24)9-28-19)12(3)40(35,36)33-23-32-31-20(15-7-6-14(15)18(25)26)34(23)16-21(37-4)29-10-30-22(16)38-5/h8-12,14-15,17-18H,6-7H2,1-5H3,(H,32,33)/t12?,14-,15+,17?/m1/s1. The molecule has 1 N–H and O–H groups in total. The fourth-order valence-electron chi connectivity index (χ4n) is 4.34. The molecular weight excluding hydrogens is 574 g/mol. The summed E-state index contributed by atoms with van der Waals surface area (Å²) in [7, 11) is -1.62. The molecule has 17 heteroatoms. The van der Waals surface area contributed by atoms with Crippen molar-refractivity contribution in [3.05, 3.63) is 35.4 Å². The number of nitrogens with zero attached hydrogens (tertiary/aromatic N) is 7. The van der Waals surface area contributed by atoms with E-state index in [0.29, 0.717) is 6.42 Å². The zero-order valence-electron chi connectivity index (χ0n) is 22.3. The van der Waals surface area contributed by atoms with E-state index in [1.54, 1.807) is 13.8 Å². The van der Waals surface area contributed by atoms with Crippen LogP contribution >= 0.6 is 11.6 Å². The van der Waals surface area contributed by atoms with Crippen molar-refractivity contribution in [1.29, 1.82) is 0 Å². The highest BCUT2D eigenvalue weighted by Crippen LogP contribution is 2.47. The molecule has 1 aliphatic rings. The third kappa shape index (κ3) is 5.93. The summed E-state index contributed by atoms with van der Waals surface area (Å²) in [5.41, 5.74) is 0.0498. The van der Waals surface area contributed by atoms with Crippen LogP contribution in [0.3, 0.4) is 0 Å². The maximum absolute atomic E-state index is 13.7. The average molecular weight is 603 g/mol. The molecule has 0 radical (unpaired) electrons. The van der Waals surface area contributed by atoms with Gasteiger partial charge in [0.05, 0.1) is 25.3 Å². The van der Waals surface area contributed by atoms with E-state index in [-0.39, 0.29) is 52.6 Å². The molecule has 1 aliphatic carbocycles. The Hall–Kier alpha value is -3.24. The first-order valence-corrected chi connectivity index (χ1v) is 14.2. The summed E-state index contributed by atoms with van der Waals surface area (Å²) in [6.07, 6.45) is 0.455. The summed E-state index contributed by atoms with van der Waals surface area (Å²) >= 11 is 5.91. The molecule has 2 unspecified atom stereocenters. The number of methoxy groups -OCH3 is 2. The van der Waals surface area contributed by atoms with Crippen molar-refractivity contribution >= 4 is 27.6 Å². The van der Waals surface area contributed by atoms with Crippen LogP contribution in [0.5, 0.6) is 11.8 Å². The lowest BCUT2D eigenvalue weighted by Gasteiger charge is -2.35. The first-order valence-electron chi connectivity index (χ1n) is 12.3. The van der Waals surface area contributed by atoms with E-state index in [4.69, 9.17) is 25.8 Å². The summed E-state index contributed by atoms with van der Waals surface area (Å²) in [5, 5.41) is 7.17. The lowest BCUT2D eigenvalue weighted by Crippen LogP contribution is -2.35. The fraction of sp³-hybridized carbons (Fsp3) is 0.565. The average Bonchev–Trinajstić information content (AvgIpc) is 3.26. The van der Waals surface area contributed by atoms with Crippen LogP contribution in [0.4, 0.5) is 14.7 Å². The van der Waals surface area contributed by atoms with Crippen molar-refractivity contribution in [2.24, 2.45) is 5.92 Å². The van der Waals surface area contributed by atoms with E-state index in [9.17, 15) is 17.2 Å². The first kappa shape index (κ1) is 29.7. The molecule has 3 heterocycles. The third-order valence-electron chi connectivity index (χ3n) is 6.50. The Balaban J connectivity index is 1.80. The number of anilines is 1. The van der Waals surface area contributed by atoms with Gasteiger partial charge in [-0.1, -0.05) is 11.6 Å². The third-order valence-corrected chi connectivity index (χ3v) is 8.39. The zero-order valence-corrected chi connectivity index (χ0v) is 23.9. The van der Waals surface area contributed by atoms with Crippen LogP contribution in [-0.4, -0.2) is 75.1 Å². The largest absolute Gasteiger partial charge is 0.479 e. The van der Waals surface area contributed by atoms with Gasteiger partial charge in [0.1, 0.15) is 23.5 Å². The number of rotatable bonds is 12. The molecule has 1 fully saturated rings. The lowest BCUT2D eigenvalue weighted by molar-refractivity contribution is 0.00153. The molecular formula is C23H29ClF2N8O5S. The molecule has 0 aliphatic heterocycles. The van der Waals surface area contributed by atoms with E-state index in [1.807, 2.05) is 0 Å². The van der Waals surface area contributed by atoms with Crippen molar-refractivity contribution < 1.29 is 31.4 Å². The predicted molar refractivity (Wildman–Crippen MR) is 140 cm³/mol. The number of hydrogen-bond acceptors (Lipinski definition) is 11. The smallest absolute Gasteiger partial charge is 0.245 e. The summed E-state index contributed by atoms with van der Waals surface area (Å²) in [5.74, 6) is -1.82. The Labute approximate surface area is 234 Å². The van der Waals surface area contributed by atoms with Crippen molar-refractivity contribution in [3.8, 4) is 17.4 Å². The van der Waals surface area contributed by atoms with Gasteiger partial charge in [-0.15, -0.1) is 10.2 Å². The molecule has 0 spiro atoms. The maximum Gasteiger partial charge on any atom is 0.245 e. The van der Waals surface area contributed by atoms with Crippen LogP contribution in [0.1, 0.15) is 57.3 Å². The lowest BCUT2D eigenvalue weighted by atomic mass is 9.73. The minimum absolute atomic E-state index is 0.00935. The van der Waals surface area contributed by atoms with Crippen LogP contribution in [-0.2, 0) is 14.8 Å². The highest BCUT2D eigenvalue weighted by molar-refractivity contribution is 7.93. The van der Waals surface area contributed by atoms with Crippen molar-refractivity contribution in [2.75, 3.05) is 18.9 Å². The molecule has 0 aromatic carbocycles. The topological polar surface area (TPSA) is 156 Å². The molecule has 3 aromatic rings. The monoisotopic (exact) mass is 602 g/mol. The summed E-state index contributed by atoms with van der Waals surface area (Å²) < 4.78 is 75.2. The van der Waals surface area contributed by atoms with Gasteiger partial charge in [0, 0.05) is 24.2 Å². The summed E-state index contributed by atoms with van der Waals surface area (Å²) in [6, 6.07) is 0. The minimum Gasteiger partial charge on any atom is -0.479 e. The van der Waals surface area contributed by atoms with Crippen molar-refractivity contribution in [3.63, 3.8) is 0 Å². The Bertz CT molecular complexity index is 1400. The van der Waals surface area contributed by atoms with Gasteiger partial charge in [-0.3, -0.25) is 9.29 Å². The van der Waals surface area contributed by atoms with Crippen LogP contribution in [0.15, 0.2) is 18.7 Å². The molecule has 218 valence electrons. The Kier molecular flexibility index (Phi) is 8.99. The first-order chi connectivity index (χ1) is 19.0. The molecule has 4 atom stereocenters. The highest BCUT2D eigenvalue weighted by atomic mass is 35.5. The molecule has 0 bridgehead atoms. The van der Waals surface area contributed by atoms with Crippen molar-refractivity contribution in [1.82, 2.24) is 34.7 Å². The zero-order chi connectivity index (χ0) is 29.2. The number of alkyl halides is 2. The number of halogens is 3. The maximum atomic E-state index is 13.7. The second-order valence-electron chi connectivity index (χ2n) is 9.36. The van der Waals surface area contributed by atoms with Gasteiger partial charge >= 0.3 is 0 Å². The Morgan fingerprint density at radius 2 is 1.65 bits per heavy atom. The van der Waals surface area contributed by atoms with E-state index >= 15 is 0 Å². The summed E-state index contributed by atoms with van der Waals surface area (Å²) in [6.45, 7) is 4.90. The summed E-state index contributed by atoms with van der Waals surface area (Å²) in [4.78, 5) is 16.4. The second kappa shape index (κ2) is 12.1. The Morgan fingerprint density at radius 3 is 2.15 bits per heavy atom. The quantitative estimate of drug-likeness (QED) is 0.323. The van der Waals surface area contributed by atoms with Gasteiger partial charge in [0.15, 0.2) is 11.5 Å². The number of nitrogens with one attached hydrogen (secondary N) is 1. The number of sulfonamides is 1. The molecule has 0 amide bonds. The molecule has 3 aromatic heterocycles. The van der Waals surface area contributed by atoms with E-state index in [1.165, 1.54) is 44.4 Å². The minimum atomic E-state index is -4.30. The van der Waals surface area contributed by atoms with Crippen LogP contribution in [0, 0.1) is 5.92 Å². The molecule has 4 rings (SSSR count).